The van der Waals surface area contributed by atoms with Crippen molar-refractivity contribution in [3.05, 3.63) is 82.5 Å². The minimum absolute atomic E-state index is 0.220. The van der Waals surface area contributed by atoms with E-state index < -0.39 is 12.1 Å². The third-order valence-electron chi connectivity index (χ3n) is 5.97. The summed E-state index contributed by atoms with van der Waals surface area (Å²) in [4.78, 5) is 24.2. The van der Waals surface area contributed by atoms with Crippen LogP contribution in [-0.2, 0) is 20.7 Å². The molecule has 0 radical (unpaired) electrons. The zero-order valence-electron chi connectivity index (χ0n) is 20.9. The minimum Gasteiger partial charge on any atom is -0.469 e. The van der Waals surface area contributed by atoms with Gasteiger partial charge >= 0.3 is 11.9 Å². The van der Waals surface area contributed by atoms with E-state index in [4.69, 9.17) is 13.9 Å². The number of nitrogens with zero attached hydrogens (tertiary/aromatic N) is 4. The number of aryl methyl sites for hydroxylation is 2. The first-order valence-corrected chi connectivity index (χ1v) is 11.6. The SMILES string of the molecule is COC(=O)CCc1c(C)nn(-c2ccc(C(=O)OC(C)c3nnc(-c4ccc(C)cc4)o3)cc2)c1C. The number of esters is 2. The molecule has 36 heavy (non-hydrogen) atoms. The van der Waals surface area contributed by atoms with Gasteiger partial charge in [0.05, 0.1) is 24.1 Å². The quantitative estimate of drug-likeness (QED) is 0.323. The standard InChI is InChI=1S/C27H28N4O5/c1-16-6-8-20(9-7-16)26-29-28-25(36-26)19(4)35-27(33)21-10-12-22(13-11-21)31-18(3)23(17(2)30-31)14-15-24(32)34-5/h6-13,19H,14-15H2,1-5H3. The highest BCUT2D eigenvalue weighted by Gasteiger charge is 2.21. The lowest BCUT2D eigenvalue weighted by atomic mass is 10.1. The molecule has 2 heterocycles. The van der Waals surface area contributed by atoms with Crippen molar-refractivity contribution < 1.29 is 23.5 Å². The molecule has 0 N–H and O–H groups in total. The van der Waals surface area contributed by atoms with Crippen LogP contribution in [0.2, 0.25) is 0 Å². The number of aromatic nitrogens is 4. The smallest absolute Gasteiger partial charge is 0.338 e. The highest BCUT2D eigenvalue weighted by molar-refractivity contribution is 5.89. The Labute approximate surface area is 209 Å². The van der Waals surface area contributed by atoms with E-state index in [1.54, 1.807) is 35.9 Å². The maximum atomic E-state index is 12.7. The molecule has 2 aromatic carbocycles. The van der Waals surface area contributed by atoms with Gasteiger partial charge < -0.3 is 13.9 Å². The van der Waals surface area contributed by atoms with E-state index in [1.807, 2.05) is 45.0 Å². The van der Waals surface area contributed by atoms with Gasteiger partial charge in [-0.3, -0.25) is 4.79 Å². The first kappa shape index (κ1) is 24.8. The van der Waals surface area contributed by atoms with E-state index in [9.17, 15) is 9.59 Å². The molecule has 0 bridgehead atoms. The molecule has 1 atom stereocenters. The maximum Gasteiger partial charge on any atom is 0.338 e. The normalized spacial score (nSPS) is 11.8. The Kier molecular flexibility index (Phi) is 7.28. The van der Waals surface area contributed by atoms with Crippen molar-refractivity contribution in [1.82, 2.24) is 20.0 Å². The molecule has 0 saturated carbocycles. The number of hydrogen-bond acceptors (Lipinski definition) is 8. The van der Waals surface area contributed by atoms with E-state index in [-0.39, 0.29) is 11.9 Å². The molecule has 0 aliphatic heterocycles. The van der Waals surface area contributed by atoms with Crippen LogP contribution in [0.1, 0.15) is 58.2 Å². The predicted molar refractivity (Wildman–Crippen MR) is 132 cm³/mol. The molecule has 0 saturated heterocycles. The van der Waals surface area contributed by atoms with Crippen LogP contribution in [0.4, 0.5) is 0 Å². The van der Waals surface area contributed by atoms with Gasteiger partial charge in [-0.1, -0.05) is 17.7 Å². The summed E-state index contributed by atoms with van der Waals surface area (Å²) in [5, 5.41) is 12.7. The second-order valence-electron chi connectivity index (χ2n) is 8.54. The van der Waals surface area contributed by atoms with Crippen molar-refractivity contribution in [2.45, 2.75) is 46.6 Å². The third-order valence-corrected chi connectivity index (χ3v) is 5.97. The number of ether oxygens (including phenoxy) is 2. The van der Waals surface area contributed by atoms with Crippen molar-refractivity contribution >= 4 is 11.9 Å². The summed E-state index contributed by atoms with van der Waals surface area (Å²) in [6, 6.07) is 14.7. The monoisotopic (exact) mass is 488 g/mol. The summed E-state index contributed by atoms with van der Waals surface area (Å²) >= 11 is 0. The first-order valence-electron chi connectivity index (χ1n) is 11.6. The van der Waals surface area contributed by atoms with Crippen LogP contribution in [-0.4, -0.2) is 39.0 Å². The molecule has 4 rings (SSSR count). The Bertz CT molecular complexity index is 1370. The van der Waals surface area contributed by atoms with Crippen molar-refractivity contribution in [1.29, 1.82) is 0 Å². The van der Waals surface area contributed by atoms with Crippen molar-refractivity contribution in [2.75, 3.05) is 7.11 Å². The number of methoxy groups -OCH3 is 1. The number of benzene rings is 2. The van der Waals surface area contributed by atoms with Crippen molar-refractivity contribution in [2.24, 2.45) is 0 Å². The summed E-state index contributed by atoms with van der Waals surface area (Å²) in [7, 11) is 1.38. The van der Waals surface area contributed by atoms with Gasteiger partial charge in [0.2, 0.25) is 5.89 Å². The van der Waals surface area contributed by atoms with Crippen LogP contribution in [0.5, 0.6) is 0 Å². The van der Waals surface area contributed by atoms with Crippen molar-refractivity contribution in [3.63, 3.8) is 0 Å². The molecule has 0 aliphatic rings. The number of hydrogen-bond donors (Lipinski definition) is 0. The van der Waals surface area contributed by atoms with E-state index >= 15 is 0 Å². The highest BCUT2D eigenvalue weighted by Crippen LogP contribution is 2.24. The summed E-state index contributed by atoms with van der Waals surface area (Å²) < 4.78 is 17.8. The molecule has 0 spiro atoms. The molecule has 2 aromatic heterocycles. The van der Waals surface area contributed by atoms with E-state index in [0.29, 0.717) is 24.3 Å². The zero-order valence-corrected chi connectivity index (χ0v) is 20.9. The molecule has 0 aliphatic carbocycles. The minimum atomic E-state index is -0.711. The maximum absolute atomic E-state index is 12.7. The van der Waals surface area contributed by atoms with Crippen LogP contribution in [0.15, 0.2) is 52.9 Å². The Morgan fingerprint density at radius 1 is 1.00 bits per heavy atom. The molecule has 4 aromatic rings. The van der Waals surface area contributed by atoms with Crippen LogP contribution < -0.4 is 0 Å². The first-order chi connectivity index (χ1) is 17.3. The fourth-order valence-corrected chi connectivity index (χ4v) is 3.85. The topological polar surface area (TPSA) is 109 Å². The van der Waals surface area contributed by atoms with Gasteiger partial charge in [0.1, 0.15) is 0 Å². The van der Waals surface area contributed by atoms with Crippen LogP contribution in [0.3, 0.4) is 0 Å². The molecule has 186 valence electrons. The molecular weight excluding hydrogens is 460 g/mol. The third kappa shape index (κ3) is 5.35. The fraction of sp³-hybridized carbons (Fsp3) is 0.296. The van der Waals surface area contributed by atoms with Gasteiger partial charge in [-0.05, 0) is 76.1 Å². The lowest BCUT2D eigenvalue weighted by molar-refractivity contribution is -0.140. The Morgan fingerprint density at radius 2 is 1.69 bits per heavy atom. The molecular formula is C27H28N4O5. The van der Waals surface area contributed by atoms with Crippen molar-refractivity contribution in [3.8, 4) is 17.1 Å². The zero-order chi connectivity index (χ0) is 25.8. The molecule has 1 unspecified atom stereocenters. The predicted octanol–water partition coefficient (Wildman–Crippen LogP) is 4.87. The van der Waals surface area contributed by atoms with Gasteiger partial charge in [-0.25, -0.2) is 9.48 Å². The molecule has 0 fully saturated rings. The molecule has 9 nitrogen and oxygen atoms in total. The summed E-state index contributed by atoms with van der Waals surface area (Å²) in [5.41, 5.74) is 5.89. The van der Waals surface area contributed by atoms with E-state index in [2.05, 4.69) is 15.3 Å². The number of carbonyl (C=O) groups excluding carboxylic acids is 2. The largest absolute Gasteiger partial charge is 0.469 e. The summed E-state index contributed by atoms with van der Waals surface area (Å²) in [5.74, 6) is -0.174. The van der Waals surface area contributed by atoms with Gasteiger partial charge in [-0.2, -0.15) is 5.10 Å². The average molecular weight is 489 g/mol. The van der Waals surface area contributed by atoms with Crippen LogP contribution >= 0.6 is 0 Å². The van der Waals surface area contributed by atoms with Crippen LogP contribution in [0, 0.1) is 20.8 Å². The van der Waals surface area contributed by atoms with E-state index in [0.717, 1.165) is 33.8 Å². The van der Waals surface area contributed by atoms with Gasteiger partial charge in [0.15, 0.2) is 6.10 Å². The van der Waals surface area contributed by atoms with Gasteiger partial charge in [0, 0.05) is 17.7 Å². The van der Waals surface area contributed by atoms with Crippen LogP contribution in [0.25, 0.3) is 17.1 Å². The van der Waals surface area contributed by atoms with Gasteiger partial charge in [-0.15, -0.1) is 10.2 Å². The molecule has 0 amide bonds. The lowest BCUT2D eigenvalue weighted by Crippen LogP contribution is -2.10. The summed E-state index contributed by atoms with van der Waals surface area (Å²) in [6.45, 7) is 7.54. The second kappa shape index (κ2) is 10.6. The Hall–Kier alpha value is -4.27. The Balaban J connectivity index is 1.43. The number of rotatable bonds is 8. The van der Waals surface area contributed by atoms with Gasteiger partial charge in [0.25, 0.3) is 5.89 Å². The van der Waals surface area contributed by atoms with E-state index in [1.165, 1.54) is 7.11 Å². The second-order valence-corrected chi connectivity index (χ2v) is 8.54. The fourth-order valence-electron chi connectivity index (χ4n) is 3.85. The Morgan fingerprint density at radius 3 is 2.36 bits per heavy atom. The number of carbonyl (C=O) groups is 2. The summed E-state index contributed by atoms with van der Waals surface area (Å²) in [6.07, 6.45) is 0.130. The molecule has 9 heteroatoms. The lowest BCUT2D eigenvalue weighted by Gasteiger charge is -2.10. The highest BCUT2D eigenvalue weighted by atomic mass is 16.6. The average Bonchev–Trinajstić information content (AvgIpc) is 3.48.